The number of hydrogen-bond donors (Lipinski definition) is 1. The molecule has 0 fully saturated rings. The van der Waals surface area contributed by atoms with Gasteiger partial charge in [0, 0.05) is 13.1 Å². The van der Waals surface area contributed by atoms with E-state index >= 15 is 0 Å². The van der Waals surface area contributed by atoms with Gasteiger partial charge in [0.1, 0.15) is 12.4 Å². The largest absolute Gasteiger partial charge is 0.491 e. The van der Waals surface area contributed by atoms with Crippen LogP contribution >= 0.6 is 0 Å². The maximum absolute atomic E-state index is 12.4. The lowest BCUT2D eigenvalue weighted by Gasteiger charge is -2.14. The number of amides is 1. The predicted molar refractivity (Wildman–Crippen MR) is 92.8 cm³/mol. The van der Waals surface area contributed by atoms with Crippen molar-refractivity contribution in [2.75, 3.05) is 27.2 Å². The average Bonchev–Trinajstić information content (AvgIpc) is 2.54. The summed E-state index contributed by atoms with van der Waals surface area (Å²) in [6.07, 6.45) is 0. The SMILES string of the molecule is Cc1ccc(CNC(=O)c2ccccc2OCCN(C)C)cc1. The fraction of sp³-hybridized carbons (Fsp3) is 0.316. The summed E-state index contributed by atoms with van der Waals surface area (Å²) in [7, 11) is 3.98. The molecule has 2 rings (SSSR count). The predicted octanol–water partition coefficient (Wildman–Crippen LogP) is 2.87. The van der Waals surface area contributed by atoms with E-state index in [1.54, 1.807) is 6.07 Å². The maximum Gasteiger partial charge on any atom is 0.255 e. The Bertz CT molecular complexity index is 636. The van der Waals surface area contributed by atoms with Gasteiger partial charge in [0.15, 0.2) is 0 Å². The van der Waals surface area contributed by atoms with Crippen LogP contribution in [0.1, 0.15) is 21.5 Å². The molecule has 0 aliphatic carbocycles. The van der Waals surface area contributed by atoms with E-state index in [0.717, 1.165) is 12.1 Å². The van der Waals surface area contributed by atoms with Crippen molar-refractivity contribution < 1.29 is 9.53 Å². The third kappa shape index (κ3) is 5.42. The number of para-hydroxylation sites is 1. The smallest absolute Gasteiger partial charge is 0.255 e. The van der Waals surface area contributed by atoms with Gasteiger partial charge < -0.3 is 15.0 Å². The Kier molecular flexibility index (Phi) is 6.18. The minimum atomic E-state index is -0.119. The molecule has 0 spiro atoms. The summed E-state index contributed by atoms with van der Waals surface area (Å²) in [5.74, 6) is 0.502. The van der Waals surface area contributed by atoms with Gasteiger partial charge in [-0.2, -0.15) is 0 Å². The van der Waals surface area contributed by atoms with Crippen molar-refractivity contribution >= 4 is 5.91 Å². The number of nitrogens with zero attached hydrogens (tertiary/aromatic N) is 1. The minimum Gasteiger partial charge on any atom is -0.491 e. The third-order valence-corrected chi connectivity index (χ3v) is 3.50. The molecule has 2 aromatic rings. The zero-order valence-corrected chi connectivity index (χ0v) is 14.0. The summed E-state index contributed by atoms with van der Waals surface area (Å²) in [6, 6.07) is 15.5. The fourth-order valence-electron chi connectivity index (χ4n) is 2.10. The number of carbonyl (C=O) groups is 1. The second-order valence-corrected chi connectivity index (χ2v) is 5.82. The number of benzene rings is 2. The van der Waals surface area contributed by atoms with E-state index in [4.69, 9.17) is 4.74 Å². The maximum atomic E-state index is 12.4. The number of ether oxygens (including phenoxy) is 1. The van der Waals surface area contributed by atoms with Crippen molar-refractivity contribution in [1.29, 1.82) is 0 Å². The van der Waals surface area contributed by atoms with E-state index in [-0.39, 0.29) is 5.91 Å². The van der Waals surface area contributed by atoms with Gasteiger partial charge in [0.2, 0.25) is 0 Å². The first-order valence-corrected chi connectivity index (χ1v) is 7.76. The lowest BCUT2D eigenvalue weighted by atomic mass is 10.1. The molecule has 4 nitrogen and oxygen atoms in total. The van der Waals surface area contributed by atoms with Crippen LogP contribution in [0.4, 0.5) is 0 Å². The van der Waals surface area contributed by atoms with Gasteiger partial charge in [-0.05, 0) is 38.7 Å². The Balaban J connectivity index is 1.97. The van der Waals surface area contributed by atoms with Crippen LogP contribution in [0, 0.1) is 6.92 Å². The highest BCUT2D eigenvalue weighted by molar-refractivity contribution is 5.96. The lowest BCUT2D eigenvalue weighted by molar-refractivity contribution is 0.0946. The van der Waals surface area contributed by atoms with Crippen LogP contribution < -0.4 is 10.1 Å². The molecule has 0 aromatic heterocycles. The van der Waals surface area contributed by atoms with Crippen molar-refractivity contribution in [3.63, 3.8) is 0 Å². The van der Waals surface area contributed by atoms with Crippen molar-refractivity contribution in [2.45, 2.75) is 13.5 Å². The number of nitrogens with one attached hydrogen (secondary N) is 1. The van der Waals surface area contributed by atoms with Crippen LogP contribution in [-0.4, -0.2) is 38.1 Å². The molecule has 1 N–H and O–H groups in total. The van der Waals surface area contributed by atoms with Gasteiger partial charge in [0.25, 0.3) is 5.91 Å². The summed E-state index contributed by atoms with van der Waals surface area (Å²) in [5.41, 5.74) is 2.85. The Morgan fingerprint density at radius 1 is 1.09 bits per heavy atom. The van der Waals surface area contributed by atoms with Gasteiger partial charge in [-0.15, -0.1) is 0 Å². The van der Waals surface area contributed by atoms with Crippen LogP contribution in [0.15, 0.2) is 48.5 Å². The molecular weight excluding hydrogens is 288 g/mol. The summed E-state index contributed by atoms with van der Waals surface area (Å²) in [5, 5.41) is 2.94. The molecule has 0 bridgehead atoms. The summed E-state index contributed by atoms with van der Waals surface area (Å²) in [4.78, 5) is 14.4. The highest BCUT2D eigenvalue weighted by Crippen LogP contribution is 2.18. The van der Waals surface area contributed by atoms with E-state index in [0.29, 0.717) is 24.5 Å². The number of likely N-dealkylation sites (N-methyl/N-ethyl adjacent to an activating group) is 1. The normalized spacial score (nSPS) is 10.6. The molecule has 0 saturated carbocycles. The van der Waals surface area contributed by atoms with E-state index in [9.17, 15) is 4.79 Å². The third-order valence-electron chi connectivity index (χ3n) is 3.50. The summed E-state index contributed by atoms with van der Waals surface area (Å²) in [6.45, 7) is 3.91. The van der Waals surface area contributed by atoms with Gasteiger partial charge >= 0.3 is 0 Å². The van der Waals surface area contributed by atoms with Crippen LogP contribution in [-0.2, 0) is 6.54 Å². The monoisotopic (exact) mass is 312 g/mol. The number of carbonyl (C=O) groups excluding carboxylic acids is 1. The lowest BCUT2D eigenvalue weighted by Crippen LogP contribution is -2.24. The quantitative estimate of drug-likeness (QED) is 0.855. The molecule has 4 heteroatoms. The van der Waals surface area contributed by atoms with Crippen LogP contribution in [0.5, 0.6) is 5.75 Å². The van der Waals surface area contributed by atoms with Crippen LogP contribution in [0.2, 0.25) is 0 Å². The second-order valence-electron chi connectivity index (χ2n) is 5.82. The van der Waals surface area contributed by atoms with Crippen LogP contribution in [0.25, 0.3) is 0 Å². The molecule has 0 unspecified atom stereocenters. The van der Waals surface area contributed by atoms with Gasteiger partial charge in [0.05, 0.1) is 5.56 Å². The molecule has 1 amide bonds. The van der Waals surface area contributed by atoms with E-state index in [2.05, 4.69) is 5.32 Å². The average molecular weight is 312 g/mol. The zero-order chi connectivity index (χ0) is 16.7. The molecule has 122 valence electrons. The topological polar surface area (TPSA) is 41.6 Å². The number of rotatable bonds is 7. The van der Waals surface area contributed by atoms with Gasteiger partial charge in [-0.25, -0.2) is 0 Å². The Morgan fingerprint density at radius 2 is 1.78 bits per heavy atom. The minimum absolute atomic E-state index is 0.119. The van der Waals surface area contributed by atoms with E-state index < -0.39 is 0 Å². The van der Waals surface area contributed by atoms with E-state index in [1.807, 2.05) is 68.4 Å². The zero-order valence-electron chi connectivity index (χ0n) is 14.0. The molecule has 0 aliphatic heterocycles. The Morgan fingerprint density at radius 3 is 2.48 bits per heavy atom. The summed E-state index contributed by atoms with van der Waals surface area (Å²) >= 11 is 0. The first-order chi connectivity index (χ1) is 11.1. The summed E-state index contributed by atoms with van der Waals surface area (Å²) < 4.78 is 5.73. The standard InChI is InChI=1S/C19H24N2O2/c1-15-8-10-16(11-9-15)14-20-19(22)17-6-4-5-7-18(17)23-13-12-21(2)3/h4-11H,12-14H2,1-3H3,(H,20,22). The first-order valence-electron chi connectivity index (χ1n) is 7.76. The molecule has 0 aliphatic rings. The van der Waals surface area contributed by atoms with Crippen molar-refractivity contribution in [3.8, 4) is 5.75 Å². The van der Waals surface area contributed by atoms with Gasteiger partial charge in [-0.3, -0.25) is 4.79 Å². The molecule has 0 atom stereocenters. The molecule has 2 aromatic carbocycles. The molecular formula is C19H24N2O2. The molecule has 0 radical (unpaired) electrons. The molecule has 0 saturated heterocycles. The van der Waals surface area contributed by atoms with Crippen molar-refractivity contribution in [3.05, 3.63) is 65.2 Å². The van der Waals surface area contributed by atoms with Crippen LogP contribution in [0.3, 0.4) is 0 Å². The van der Waals surface area contributed by atoms with Crippen molar-refractivity contribution in [1.82, 2.24) is 10.2 Å². The Labute approximate surface area is 138 Å². The number of aryl methyl sites for hydroxylation is 1. The molecule has 0 heterocycles. The van der Waals surface area contributed by atoms with E-state index in [1.165, 1.54) is 5.56 Å². The fourth-order valence-corrected chi connectivity index (χ4v) is 2.10. The second kappa shape index (κ2) is 8.34. The highest BCUT2D eigenvalue weighted by atomic mass is 16.5. The Hall–Kier alpha value is -2.33. The van der Waals surface area contributed by atoms with Crippen molar-refractivity contribution in [2.24, 2.45) is 0 Å². The highest BCUT2D eigenvalue weighted by Gasteiger charge is 2.11. The number of hydrogen-bond acceptors (Lipinski definition) is 3. The first kappa shape index (κ1) is 17.0. The molecule has 23 heavy (non-hydrogen) atoms. The van der Waals surface area contributed by atoms with Gasteiger partial charge in [-0.1, -0.05) is 42.0 Å².